The van der Waals surface area contributed by atoms with Crippen molar-refractivity contribution in [1.82, 2.24) is 4.98 Å². The van der Waals surface area contributed by atoms with Gasteiger partial charge >= 0.3 is 11.9 Å². The Hall–Kier alpha value is -2.99. The zero-order valence-corrected chi connectivity index (χ0v) is 18.1. The Labute approximate surface area is 179 Å². The van der Waals surface area contributed by atoms with Crippen molar-refractivity contribution >= 4 is 34.4 Å². The Kier molecular flexibility index (Phi) is 6.08. The topological polar surface area (TPSA) is 88.6 Å². The molecule has 2 N–H and O–H groups in total. The van der Waals surface area contributed by atoms with Crippen LogP contribution in [0.3, 0.4) is 0 Å². The first-order valence-corrected chi connectivity index (χ1v) is 10.1. The highest BCUT2D eigenvalue weighted by atomic mass is 35.5. The summed E-state index contributed by atoms with van der Waals surface area (Å²) in [5.41, 5.74) is 1.18. The van der Waals surface area contributed by atoms with E-state index in [1.54, 1.807) is 39.8 Å². The van der Waals surface area contributed by atoms with Crippen LogP contribution in [0.5, 0.6) is 5.75 Å². The number of phenols is 1. The predicted octanol–water partition coefficient (Wildman–Crippen LogP) is 4.88. The lowest BCUT2D eigenvalue weighted by Gasteiger charge is -2.30. The van der Waals surface area contributed by atoms with Gasteiger partial charge in [-0.25, -0.2) is 4.79 Å². The van der Waals surface area contributed by atoms with E-state index < -0.39 is 17.4 Å². The Morgan fingerprint density at radius 3 is 2.47 bits per heavy atom. The highest BCUT2D eigenvalue weighted by Crippen LogP contribution is 2.43. The molecule has 1 aromatic heterocycles. The fourth-order valence-corrected chi connectivity index (χ4v) is 4.10. The van der Waals surface area contributed by atoms with Gasteiger partial charge < -0.3 is 19.6 Å². The molecule has 0 fully saturated rings. The number of benzene rings is 2. The minimum Gasteiger partial charge on any atom is -0.508 e. The third-order valence-corrected chi connectivity index (χ3v) is 5.53. The summed E-state index contributed by atoms with van der Waals surface area (Å²) in [5.74, 6) is -1.06. The Bertz CT molecular complexity index is 1120. The smallest absolute Gasteiger partial charge is 0.340 e. The van der Waals surface area contributed by atoms with Crippen LogP contribution in [0.2, 0.25) is 5.02 Å². The molecule has 7 heteroatoms. The number of aromatic amines is 1. The number of carbonyl (C=O) groups excluding carboxylic acids is 2. The number of H-pyrrole nitrogens is 1. The van der Waals surface area contributed by atoms with E-state index in [4.69, 9.17) is 21.1 Å². The van der Waals surface area contributed by atoms with Crippen LogP contribution >= 0.6 is 11.6 Å². The summed E-state index contributed by atoms with van der Waals surface area (Å²) in [6.07, 6.45) is 0. The zero-order valence-electron chi connectivity index (χ0n) is 17.3. The molecule has 3 rings (SSSR count). The van der Waals surface area contributed by atoms with Crippen molar-refractivity contribution in [3.05, 3.63) is 63.8 Å². The second-order valence-corrected chi connectivity index (χ2v) is 7.49. The number of aromatic nitrogens is 1. The second-order valence-electron chi connectivity index (χ2n) is 7.08. The van der Waals surface area contributed by atoms with E-state index in [-0.39, 0.29) is 19.0 Å². The van der Waals surface area contributed by atoms with Gasteiger partial charge in [0.25, 0.3) is 0 Å². The molecule has 0 aliphatic heterocycles. The molecule has 0 aliphatic carbocycles. The van der Waals surface area contributed by atoms with Crippen molar-refractivity contribution in [1.29, 1.82) is 0 Å². The van der Waals surface area contributed by atoms with Crippen LogP contribution in [0.25, 0.3) is 10.9 Å². The van der Waals surface area contributed by atoms with Gasteiger partial charge in [0.15, 0.2) is 0 Å². The van der Waals surface area contributed by atoms with E-state index in [0.29, 0.717) is 38.3 Å². The van der Waals surface area contributed by atoms with Crippen LogP contribution in [0.1, 0.15) is 48.0 Å². The number of aromatic hydroxyl groups is 1. The predicted molar refractivity (Wildman–Crippen MR) is 115 cm³/mol. The quantitative estimate of drug-likeness (QED) is 0.545. The van der Waals surface area contributed by atoms with Gasteiger partial charge in [0, 0.05) is 21.6 Å². The summed E-state index contributed by atoms with van der Waals surface area (Å²) in [6, 6.07) is 9.79. The standard InChI is InChI=1S/C23H24ClNO5/c1-5-29-21(27)19-13(3)25-18-9-7-8-15(20(18)19)23(4,22(28)30-6-2)16-12-14(26)10-11-17(16)24/h7-12,25-26H,5-6H2,1-4H3. The van der Waals surface area contributed by atoms with Crippen LogP contribution in [-0.2, 0) is 19.7 Å². The maximum absolute atomic E-state index is 13.3. The highest BCUT2D eigenvalue weighted by molar-refractivity contribution is 6.32. The molecule has 1 heterocycles. The highest BCUT2D eigenvalue weighted by Gasteiger charge is 2.43. The summed E-state index contributed by atoms with van der Waals surface area (Å²) in [6.45, 7) is 7.29. The number of hydrogen-bond acceptors (Lipinski definition) is 5. The van der Waals surface area contributed by atoms with Gasteiger partial charge in [0.1, 0.15) is 11.2 Å². The van der Waals surface area contributed by atoms with Gasteiger partial charge in [-0.3, -0.25) is 4.79 Å². The number of aryl methyl sites for hydroxylation is 1. The first-order chi connectivity index (χ1) is 14.2. The van der Waals surface area contributed by atoms with Crippen molar-refractivity contribution in [3.63, 3.8) is 0 Å². The fraction of sp³-hybridized carbons (Fsp3) is 0.304. The molecule has 0 bridgehead atoms. The van der Waals surface area contributed by atoms with Gasteiger partial charge in [-0.05, 0) is 63.1 Å². The number of esters is 2. The van der Waals surface area contributed by atoms with Crippen molar-refractivity contribution < 1.29 is 24.2 Å². The van der Waals surface area contributed by atoms with E-state index in [0.717, 1.165) is 0 Å². The lowest BCUT2D eigenvalue weighted by atomic mass is 9.74. The maximum Gasteiger partial charge on any atom is 0.340 e. The molecule has 0 saturated carbocycles. The van der Waals surface area contributed by atoms with Crippen molar-refractivity contribution in [2.24, 2.45) is 0 Å². The summed E-state index contributed by atoms with van der Waals surface area (Å²) in [7, 11) is 0. The summed E-state index contributed by atoms with van der Waals surface area (Å²) >= 11 is 6.46. The van der Waals surface area contributed by atoms with Gasteiger partial charge in [-0.15, -0.1) is 0 Å². The largest absolute Gasteiger partial charge is 0.508 e. The fourth-order valence-electron chi connectivity index (χ4n) is 3.79. The molecule has 0 amide bonds. The molecule has 0 radical (unpaired) electrons. The molecule has 1 atom stereocenters. The normalized spacial score (nSPS) is 13.1. The van der Waals surface area contributed by atoms with Crippen LogP contribution in [0, 0.1) is 6.92 Å². The molecule has 0 spiro atoms. The van der Waals surface area contributed by atoms with E-state index in [1.807, 2.05) is 6.07 Å². The summed E-state index contributed by atoms with van der Waals surface area (Å²) < 4.78 is 10.7. The van der Waals surface area contributed by atoms with Crippen LogP contribution in [0.4, 0.5) is 0 Å². The van der Waals surface area contributed by atoms with Crippen molar-refractivity contribution in [2.75, 3.05) is 13.2 Å². The molecule has 2 aromatic carbocycles. The Morgan fingerprint density at radius 1 is 1.10 bits per heavy atom. The summed E-state index contributed by atoms with van der Waals surface area (Å²) in [5, 5.41) is 11.0. The average molecular weight is 430 g/mol. The third kappa shape index (κ3) is 3.52. The average Bonchev–Trinajstić information content (AvgIpc) is 3.05. The van der Waals surface area contributed by atoms with Crippen molar-refractivity contribution in [2.45, 2.75) is 33.1 Å². The number of rotatable bonds is 6. The molecule has 3 aromatic rings. The van der Waals surface area contributed by atoms with Crippen LogP contribution in [0.15, 0.2) is 36.4 Å². The molecule has 30 heavy (non-hydrogen) atoms. The molecular weight excluding hydrogens is 406 g/mol. The minimum absolute atomic E-state index is 0.0343. The number of halogens is 1. The minimum atomic E-state index is -1.39. The molecule has 6 nitrogen and oxygen atoms in total. The number of phenolic OH excluding ortho intramolecular Hbond substituents is 1. The van der Waals surface area contributed by atoms with E-state index in [9.17, 15) is 14.7 Å². The Morgan fingerprint density at radius 2 is 1.80 bits per heavy atom. The molecule has 0 aliphatic rings. The third-order valence-electron chi connectivity index (χ3n) is 5.20. The molecule has 0 saturated heterocycles. The SMILES string of the molecule is CCOC(=O)c1c(C)[nH]c2cccc(C(C)(C(=O)OCC)c3cc(O)ccc3Cl)c12. The number of nitrogens with one attached hydrogen (secondary N) is 1. The lowest BCUT2D eigenvalue weighted by molar-refractivity contribution is -0.147. The molecule has 1 unspecified atom stereocenters. The first-order valence-electron chi connectivity index (χ1n) is 9.70. The van der Waals surface area contributed by atoms with E-state index >= 15 is 0 Å². The number of ether oxygens (including phenoxy) is 2. The van der Waals surface area contributed by atoms with Gasteiger partial charge in [0.05, 0.1) is 18.8 Å². The van der Waals surface area contributed by atoms with Crippen molar-refractivity contribution in [3.8, 4) is 5.75 Å². The number of fused-ring (bicyclic) bond motifs is 1. The Balaban J connectivity index is 2.41. The van der Waals surface area contributed by atoms with E-state index in [1.165, 1.54) is 18.2 Å². The lowest BCUT2D eigenvalue weighted by Crippen LogP contribution is -2.36. The first kappa shape index (κ1) is 21.7. The molecule has 158 valence electrons. The second kappa shape index (κ2) is 8.40. The summed E-state index contributed by atoms with van der Waals surface area (Å²) in [4.78, 5) is 29.2. The van der Waals surface area contributed by atoms with E-state index in [2.05, 4.69) is 4.98 Å². The van der Waals surface area contributed by atoms with Gasteiger partial charge in [0.2, 0.25) is 0 Å². The van der Waals surface area contributed by atoms with Crippen LogP contribution in [-0.4, -0.2) is 35.2 Å². The van der Waals surface area contributed by atoms with Crippen LogP contribution < -0.4 is 0 Å². The van der Waals surface area contributed by atoms with Gasteiger partial charge in [-0.1, -0.05) is 23.7 Å². The number of carbonyl (C=O) groups is 2. The molecular formula is C23H24ClNO5. The maximum atomic E-state index is 13.3. The number of hydrogen-bond donors (Lipinski definition) is 2. The monoisotopic (exact) mass is 429 g/mol. The van der Waals surface area contributed by atoms with Gasteiger partial charge in [-0.2, -0.15) is 0 Å². The zero-order chi connectivity index (χ0) is 22.1.